The predicted octanol–water partition coefficient (Wildman–Crippen LogP) is 5.35. The fourth-order valence-electron chi connectivity index (χ4n) is 4.41. The van der Waals surface area contributed by atoms with Crippen LogP contribution in [0.1, 0.15) is 31.9 Å². The van der Waals surface area contributed by atoms with Gasteiger partial charge in [0, 0.05) is 48.1 Å². The number of hydrogen-bond donors (Lipinski definition) is 0. The van der Waals surface area contributed by atoms with E-state index in [-0.39, 0.29) is 20.7 Å². The second-order valence-corrected chi connectivity index (χ2v) is 10.0. The molecule has 0 unspecified atom stereocenters. The molecule has 4 rings (SSSR count). The van der Waals surface area contributed by atoms with Crippen LogP contribution in [0.3, 0.4) is 0 Å². The van der Waals surface area contributed by atoms with Gasteiger partial charge >= 0.3 is 29.1 Å². The molecule has 37 heavy (non-hydrogen) atoms. The SMILES string of the molecule is CC[n+]1ccc(C=CC=C2N(C)c3ccc([N+](=O)[O-])cc3C2(C)C)c2ccccc21.FP(F)(F)(F)F.[F-]. The number of aryl methyl sites for hydroxylation is 1. The molecule has 12 heteroatoms. The molecular weight excluding hydrogens is 519 g/mol. The number of hydrogen-bond acceptors (Lipinski definition) is 3. The average Bonchev–Trinajstić information content (AvgIpc) is 2.97. The number of nitro benzene ring substituents is 1. The number of para-hydroxylation sites is 1. The van der Waals surface area contributed by atoms with Gasteiger partial charge in [-0.3, -0.25) is 10.1 Å². The van der Waals surface area contributed by atoms with Gasteiger partial charge in [-0.15, -0.1) is 0 Å². The molecule has 0 atom stereocenters. The number of rotatable bonds is 4. The first kappa shape index (κ1) is 29.8. The van der Waals surface area contributed by atoms with Crippen LogP contribution in [0, 0.1) is 10.1 Å². The summed E-state index contributed by atoms with van der Waals surface area (Å²) in [5, 5.41) is 12.4. The maximum Gasteiger partial charge on any atom is -1.00 e. The van der Waals surface area contributed by atoms with Crippen molar-refractivity contribution in [3.8, 4) is 0 Å². The van der Waals surface area contributed by atoms with Crippen LogP contribution in [0.15, 0.2) is 72.6 Å². The summed E-state index contributed by atoms with van der Waals surface area (Å²) in [6, 6.07) is 15.7. The molecule has 0 saturated heterocycles. The monoisotopic (exact) mass is 545 g/mol. The Balaban J connectivity index is 0.000000618. The number of nitro groups is 1. The molecular formula is C25H26F6N3O2P. The summed E-state index contributed by atoms with van der Waals surface area (Å²) in [7, 11) is -6.53. The van der Waals surface area contributed by atoms with Crippen LogP contribution in [0.5, 0.6) is 0 Å². The summed E-state index contributed by atoms with van der Waals surface area (Å²) in [6.45, 7) is 7.30. The van der Waals surface area contributed by atoms with Crippen molar-refractivity contribution in [3.63, 3.8) is 0 Å². The Morgan fingerprint density at radius 1 is 1.08 bits per heavy atom. The van der Waals surface area contributed by atoms with E-state index in [0.717, 1.165) is 23.5 Å². The molecule has 0 amide bonds. The first-order valence-corrected chi connectivity index (χ1v) is 12.7. The van der Waals surface area contributed by atoms with E-state index in [1.807, 2.05) is 13.1 Å². The van der Waals surface area contributed by atoms with E-state index in [1.54, 1.807) is 12.1 Å². The van der Waals surface area contributed by atoms with Crippen molar-refractivity contribution in [3.05, 3.63) is 93.8 Å². The van der Waals surface area contributed by atoms with Crippen LogP contribution in [-0.2, 0) is 12.0 Å². The van der Waals surface area contributed by atoms with E-state index in [0.29, 0.717) is 0 Å². The Labute approximate surface area is 210 Å². The van der Waals surface area contributed by atoms with Crippen LogP contribution in [0.25, 0.3) is 17.0 Å². The van der Waals surface area contributed by atoms with Crippen LogP contribution >= 0.6 is 8.16 Å². The number of benzene rings is 2. The van der Waals surface area contributed by atoms with Gasteiger partial charge in [-0.05, 0) is 36.3 Å². The number of aromatic nitrogens is 1. The Bertz CT molecular complexity index is 1370. The molecule has 0 radical (unpaired) electrons. The summed E-state index contributed by atoms with van der Waals surface area (Å²) >= 11 is 0. The van der Waals surface area contributed by atoms with E-state index >= 15 is 0 Å². The van der Waals surface area contributed by atoms with Crippen molar-refractivity contribution < 1.29 is 35.2 Å². The maximum absolute atomic E-state index is 11.2. The number of likely N-dealkylation sites (N-methyl/N-ethyl adjacent to an activating group) is 1. The molecule has 1 aromatic heterocycles. The molecule has 0 fully saturated rings. The predicted molar refractivity (Wildman–Crippen MR) is 134 cm³/mol. The Hall–Kier alpha value is -3.46. The van der Waals surface area contributed by atoms with Crippen molar-refractivity contribution >= 4 is 36.5 Å². The topological polar surface area (TPSA) is 50.3 Å². The van der Waals surface area contributed by atoms with Gasteiger partial charge in [-0.2, -0.15) is 4.57 Å². The van der Waals surface area contributed by atoms with Gasteiger partial charge in [-0.25, -0.2) is 0 Å². The third kappa shape index (κ3) is 7.07. The van der Waals surface area contributed by atoms with Crippen molar-refractivity contribution in [2.45, 2.75) is 32.7 Å². The Morgan fingerprint density at radius 3 is 2.30 bits per heavy atom. The average molecular weight is 545 g/mol. The van der Waals surface area contributed by atoms with Crippen LogP contribution < -0.4 is 14.2 Å². The number of pyridine rings is 1. The summed E-state index contributed by atoms with van der Waals surface area (Å²) in [5.41, 5.74) is 5.30. The molecule has 0 saturated carbocycles. The maximum atomic E-state index is 11.2. The van der Waals surface area contributed by atoms with Crippen LogP contribution in [0.2, 0.25) is 0 Å². The minimum Gasteiger partial charge on any atom is -1.00 e. The fourth-order valence-corrected chi connectivity index (χ4v) is 4.41. The molecule has 2 heterocycles. The van der Waals surface area contributed by atoms with E-state index in [2.05, 4.69) is 85.0 Å². The second-order valence-electron chi connectivity index (χ2n) is 8.77. The number of allylic oxidation sites excluding steroid dienone is 3. The van der Waals surface area contributed by atoms with E-state index < -0.39 is 8.16 Å². The second kappa shape index (κ2) is 10.5. The largest absolute Gasteiger partial charge is 1.00 e. The third-order valence-electron chi connectivity index (χ3n) is 6.06. The minimum absolute atomic E-state index is 0. The molecule has 0 N–H and O–H groups in total. The molecule has 0 bridgehead atoms. The molecule has 1 aliphatic rings. The summed E-state index contributed by atoms with van der Waals surface area (Å²) in [4.78, 5) is 13.0. The van der Waals surface area contributed by atoms with Gasteiger partial charge < -0.3 is 9.60 Å². The van der Waals surface area contributed by atoms with E-state index in [1.165, 1.54) is 16.5 Å². The smallest absolute Gasteiger partial charge is 1.00 e. The Morgan fingerprint density at radius 2 is 1.70 bits per heavy atom. The van der Waals surface area contributed by atoms with Crippen molar-refractivity contribution in [2.75, 3.05) is 11.9 Å². The summed E-state index contributed by atoms with van der Waals surface area (Å²) in [5.74, 6) is 0. The standard InChI is InChI=1S/C25H26N3O2.F5P.FH/c1-5-27-16-15-18(20-10-6-7-11-22(20)27)9-8-12-24-25(2,3)21-17-19(28(29)30)13-14-23(21)26(24)4;1-6(2,3,4)5;/h6-17H,5H2,1-4H3;;1H/q+1;;/p-1. The van der Waals surface area contributed by atoms with E-state index in [9.17, 15) is 31.1 Å². The quantitative estimate of drug-likeness (QED) is 0.146. The van der Waals surface area contributed by atoms with Crippen molar-refractivity contribution in [2.24, 2.45) is 0 Å². The first-order valence-electron chi connectivity index (χ1n) is 11.0. The van der Waals surface area contributed by atoms with E-state index in [4.69, 9.17) is 0 Å². The van der Waals surface area contributed by atoms with Gasteiger partial charge in [0.05, 0.1) is 10.3 Å². The zero-order valence-corrected chi connectivity index (χ0v) is 21.4. The van der Waals surface area contributed by atoms with Gasteiger partial charge in [0.15, 0.2) is 6.20 Å². The third-order valence-corrected chi connectivity index (χ3v) is 6.06. The number of halogens is 6. The molecule has 200 valence electrons. The molecule has 1 aliphatic heterocycles. The Kier molecular flexibility index (Phi) is 8.44. The van der Waals surface area contributed by atoms with Crippen molar-refractivity contribution in [1.82, 2.24) is 0 Å². The minimum atomic E-state index is -8.55. The van der Waals surface area contributed by atoms with Crippen LogP contribution in [-0.4, -0.2) is 12.0 Å². The summed E-state index contributed by atoms with van der Waals surface area (Å²) < 4.78 is 51.4. The number of non-ortho nitro benzene ring substituents is 1. The summed E-state index contributed by atoms with van der Waals surface area (Å²) in [6.07, 6.45) is 8.44. The molecule has 0 spiro atoms. The normalized spacial score (nSPS) is 16.5. The van der Waals surface area contributed by atoms with Crippen LogP contribution in [0.4, 0.5) is 32.4 Å². The zero-order valence-electron chi connectivity index (χ0n) is 20.5. The van der Waals surface area contributed by atoms with Gasteiger partial charge in [-0.1, -0.05) is 38.1 Å². The molecule has 3 aromatic rings. The first-order chi connectivity index (χ1) is 16.6. The molecule has 5 nitrogen and oxygen atoms in total. The van der Waals surface area contributed by atoms with Crippen molar-refractivity contribution in [1.29, 1.82) is 0 Å². The molecule has 0 aliphatic carbocycles. The van der Waals surface area contributed by atoms with Gasteiger partial charge in [0.2, 0.25) is 5.52 Å². The van der Waals surface area contributed by atoms with Gasteiger partial charge in [0.1, 0.15) is 6.54 Å². The molecule has 2 aromatic carbocycles. The fraction of sp³-hybridized carbons (Fsp3) is 0.240. The zero-order chi connectivity index (χ0) is 26.9. The number of nitrogens with zero attached hydrogens (tertiary/aromatic N) is 3. The number of anilines is 1. The van der Waals surface area contributed by atoms with Gasteiger partial charge in [0.25, 0.3) is 5.69 Å². The number of fused-ring (bicyclic) bond motifs is 2.